The summed E-state index contributed by atoms with van der Waals surface area (Å²) in [4.78, 5) is 44.6. The van der Waals surface area contributed by atoms with Crippen molar-refractivity contribution in [2.45, 2.75) is 278 Å². The van der Waals surface area contributed by atoms with Crippen LogP contribution in [0.1, 0.15) is 254 Å². The molecular weight excluding hydrogens is 781 g/mol. The molecule has 1 fully saturated rings. The summed E-state index contributed by atoms with van der Waals surface area (Å²) in [5.41, 5.74) is -0.158. The number of aliphatic hydroxyl groups is 1. The van der Waals surface area contributed by atoms with E-state index in [0.29, 0.717) is 32.1 Å². The fourth-order valence-electron chi connectivity index (χ4n) is 6.91. The Labute approximate surface area is 384 Å². The number of carbonyl (C=O) groups excluding carboxylic acids is 4. The van der Waals surface area contributed by atoms with Gasteiger partial charge in [-0.15, -0.1) is 0 Å². The van der Waals surface area contributed by atoms with Crippen LogP contribution >= 0.6 is 0 Å². The Morgan fingerprint density at radius 3 is 1.42 bits per heavy atom. The van der Waals surface area contributed by atoms with Crippen LogP contribution in [0, 0.1) is 0 Å². The molecule has 0 aromatic carbocycles. The van der Waals surface area contributed by atoms with Crippen molar-refractivity contribution in [3.05, 3.63) is 0 Å². The molecule has 0 aliphatic heterocycles. The lowest BCUT2D eigenvalue weighted by Gasteiger charge is -2.34. The van der Waals surface area contributed by atoms with Gasteiger partial charge >= 0.3 is 5.97 Å². The summed E-state index contributed by atoms with van der Waals surface area (Å²) in [7, 11) is 5.27. The van der Waals surface area contributed by atoms with Crippen LogP contribution < -0.4 is 10.6 Å². The number of rotatable bonds is 36. The van der Waals surface area contributed by atoms with E-state index in [-0.39, 0.29) is 55.2 Å². The Kier molecular flexibility index (Phi) is 59.5. The number of amides is 1. The van der Waals surface area contributed by atoms with Crippen molar-refractivity contribution in [2.75, 3.05) is 34.4 Å². The van der Waals surface area contributed by atoms with Crippen LogP contribution in [0.3, 0.4) is 0 Å². The first-order chi connectivity index (χ1) is 30.0. The van der Waals surface area contributed by atoms with E-state index < -0.39 is 0 Å². The summed E-state index contributed by atoms with van der Waals surface area (Å²) >= 11 is 0. The van der Waals surface area contributed by atoms with Gasteiger partial charge in [0.15, 0.2) is 0 Å². The summed E-state index contributed by atoms with van der Waals surface area (Å²) < 4.78 is 16.2. The Balaban J connectivity index is -0.000000445. The van der Waals surface area contributed by atoms with Gasteiger partial charge in [-0.1, -0.05) is 169 Å². The highest BCUT2D eigenvalue weighted by Crippen LogP contribution is 2.25. The normalized spacial score (nSPS) is 15.5. The van der Waals surface area contributed by atoms with E-state index in [1.54, 1.807) is 14.2 Å². The molecule has 62 heavy (non-hydrogen) atoms. The van der Waals surface area contributed by atoms with Crippen LogP contribution in [0.5, 0.6) is 0 Å². The molecule has 0 aromatic heterocycles. The molecule has 10 heteroatoms. The molecule has 372 valence electrons. The zero-order valence-electron chi connectivity index (χ0n) is 42.7. The van der Waals surface area contributed by atoms with Crippen molar-refractivity contribution in [3.63, 3.8) is 0 Å². The van der Waals surface area contributed by atoms with E-state index in [1.807, 2.05) is 34.7 Å². The molecule has 0 spiro atoms. The lowest BCUT2D eigenvalue weighted by Crippen LogP contribution is -2.45. The van der Waals surface area contributed by atoms with Gasteiger partial charge in [-0.25, -0.2) is 0 Å². The third-order valence-electron chi connectivity index (χ3n) is 11.1. The van der Waals surface area contributed by atoms with Crippen LogP contribution in [0.15, 0.2) is 0 Å². The van der Waals surface area contributed by atoms with E-state index in [1.165, 1.54) is 135 Å². The van der Waals surface area contributed by atoms with Crippen molar-refractivity contribution in [1.82, 2.24) is 10.6 Å². The van der Waals surface area contributed by atoms with Crippen LogP contribution in [-0.4, -0.2) is 87.8 Å². The van der Waals surface area contributed by atoms with E-state index in [0.717, 1.165) is 44.8 Å². The monoisotopic (exact) mass is 887 g/mol. The molecule has 1 amide bonds. The second kappa shape index (κ2) is 55.3. The van der Waals surface area contributed by atoms with E-state index in [2.05, 4.69) is 31.4 Å². The molecule has 3 unspecified atom stereocenters. The molecule has 1 rings (SSSR count). The lowest BCUT2D eigenvalue weighted by atomic mass is 9.90. The predicted octanol–water partition coefficient (Wildman–Crippen LogP) is 13.0. The summed E-state index contributed by atoms with van der Waals surface area (Å²) in [6.07, 6.45) is 37.1. The van der Waals surface area contributed by atoms with Crippen LogP contribution in [0.4, 0.5) is 0 Å². The van der Waals surface area contributed by atoms with Gasteiger partial charge in [0.25, 0.3) is 0 Å². The molecule has 3 N–H and O–H groups in total. The molecular formula is C52H106N2O8. The Morgan fingerprint density at radius 2 is 1.05 bits per heavy atom. The highest BCUT2D eigenvalue weighted by Gasteiger charge is 2.32. The Bertz CT molecular complexity index is 915. The second-order valence-corrected chi connectivity index (χ2v) is 17.3. The number of hydrogen-bond acceptors (Lipinski definition) is 9. The van der Waals surface area contributed by atoms with E-state index in [4.69, 9.17) is 19.3 Å². The highest BCUT2D eigenvalue weighted by atomic mass is 16.5. The largest absolute Gasteiger partial charge is 0.462 e. The fraction of sp³-hybridized carbons (Fsp3) is 0.923. The van der Waals surface area contributed by atoms with Crippen LogP contribution in [0.25, 0.3) is 0 Å². The number of unbranched alkanes of at least 4 members (excludes halogenated alkanes) is 22. The number of ether oxygens (including phenoxy) is 3. The van der Waals surface area contributed by atoms with Gasteiger partial charge in [-0.2, -0.15) is 0 Å². The number of esters is 1. The molecule has 0 bridgehead atoms. The maximum absolute atomic E-state index is 12.2. The SMILES string of the molecule is CC.CCCCCCCCCCCCCC(=O)OC1CC(NC(=O)CCC=O)CC(OC)C1.CCCCCCCCCCCCCC=O.CCCCNC.COC(C)(C)CCO. The van der Waals surface area contributed by atoms with E-state index >= 15 is 0 Å². The molecule has 0 aromatic rings. The molecule has 0 saturated heterocycles. The molecule has 3 atom stereocenters. The van der Waals surface area contributed by atoms with Crippen molar-refractivity contribution < 1.29 is 38.5 Å². The zero-order chi connectivity index (χ0) is 47.4. The van der Waals surface area contributed by atoms with Gasteiger partial charge < -0.3 is 39.5 Å². The first-order valence-corrected chi connectivity index (χ1v) is 25.7. The average molecular weight is 887 g/mol. The van der Waals surface area contributed by atoms with Gasteiger partial charge in [0.1, 0.15) is 18.7 Å². The lowest BCUT2D eigenvalue weighted by molar-refractivity contribution is -0.153. The molecule has 1 saturated carbocycles. The highest BCUT2D eigenvalue weighted by molar-refractivity contribution is 5.78. The quantitative estimate of drug-likeness (QED) is 0.0319. The third kappa shape index (κ3) is 54.3. The maximum atomic E-state index is 12.2. The van der Waals surface area contributed by atoms with Crippen molar-refractivity contribution in [3.8, 4) is 0 Å². The smallest absolute Gasteiger partial charge is 0.306 e. The number of nitrogens with one attached hydrogen (secondary N) is 2. The third-order valence-corrected chi connectivity index (χ3v) is 11.1. The van der Waals surface area contributed by atoms with Gasteiger partial charge in [0.2, 0.25) is 5.91 Å². The minimum absolute atomic E-state index is 0.0371. The number of methoxy groups -OCH3 is 2. The number of carbonyl (C=O) groups is 4. The second-order valence-electron chi connectivity index (χ2n) is 17.3. The first kappa shape index (κ1) is 66.7. The first-order valence-electron chi connectivity index (χ1n) is 25.7. The predicted molar refractivity (Wildman–Crippen MR) is 263 cm³/mol. The number of hydrogen-bond donors (Lipinski definition) is 3. The summed E-state index contributed by atoms with van der Waals surface area (Å²) in [5.74, 6) is -0.288. The van der Waals surface area contributed by atoms with Gasteiger partial charge in [-0.05, 0) is 59.5 Å². The summed E-state index contributed by atoms with van der Waals surface area (Å²) in [5, 5.41) is 14.5. The Hall–Kier alpha value is -1.88. The molecule has 0 radical (unpaired) electrons. The molecule has 1 aliphatic rings. The maximum Gasteiger partial charge on any atom is 0.306 e. The Morgan fingerprint density at radius 1 is 0.613 bits per heavy atom. The molecule has 0 heterocycles. The van der Waals surface area contributed by atoms with Crippen molar-refractivity contribution in [1.29, 1.82) is 0 Å². The summed E-state index contributed by atoms with van der Waals surface area (Å²) in [6, 6.07) is -0.0855. The summed E-state index contributed by atoms with van der Waals surface area (Å²) in [6.45, 7) is 16.0. The standard InChI is InChI=1S/C25H45NO5.C14H28O.C6H14O2.C5H13N.C2H6/c1-3-4-5-6-7-8-9-10-11-12-13-16-25(29)31-23-19-21(18-22(20-23)30-2)26-24(28)15-14-17-27;1-2-3-4-5-6-7-8-9-10-11-12-13-14-15;1-6(2,8-3)4-5-7;1-3-4-5-6-2;1-2/h17,21-23H,3-16,18-20H2,1-2H3,(H,26,28);14H,2-13H2,1H3;7H,4-5H2,1-3H3;6H,3-5H2,1-2H3;1-2H3. The topological polar surface area (TPSA) is 140 Å². The zero-order valence-corrected chi connectivity index (χ0v) is 42.7. The van der Waals surface area contributed by atoms with Crippen molar-refractivity contribution >= 4 is 24.4 Å². The van der Waals surface area contributed by atoms with Crippen molar-refractivity contribution in [2.24, 2.45) is 0 Å². The van der Waals surface area contributed by atoms with E-state index in [9.17, 15) is 19.2 Å². The minimum atomic E-state index is -0.227. The van der Waals surface area contributed by atoms with Gasteiger partial charge in [0.05, 0.1) is 11.7 Å². The van der Waals surface area contributed by atoms with Crippen LogP contribution in [-0.2, 0) is 33.4 Å². The molecule has 1 aliphatic carbocycles. The average Bonchev–Trinajstić information content (AvgIpc) is 3.27. The van der Waals surface area contributed by atoms with Gasteiger partial charge in [0, 0.05) is 65.4 Å². The van der Waals surface area contributed by atoms with Gasteiger partial charge in [-0.3, -0.25) is 9.59 Å². The molecule has 10 nitrogen and oxygen atoms in total. The number of aldehydes is 2. The van der Waals surface area contributed by atoms with Crippen LogP contribution in [0.2, 0.25) is 0 Å². The fourth-order valence-corrected chi connectivity index (χ4v) is 6.91. The minimum Gasteiger partial charge on any atom is -0.462 e. The number of aliphatic hydroxyl groups excluding tert-OH is 1.